The van der Waals surface area contributed by atoms with Gasteiger partial charge in [-0.05, 0) is 93.2 Å². The summed E-state index contributed by atoms with van der Waals surface area (Å²) in [6.45, 7) is -1.38. The Kier molecular flexibility index (Phi) is 26.4. The van der Waals surface area contributed by atoms with Crippen LogP contribution in [0.25, 0.3) is 0 Å². The molecular formula is C63H95N19O13. The van der Waals surface area contributed by atoms with Crippen molar-refractivity contribution in [2.24, 2.45) is 61.0 Å². The molecule has 2 unspecified atom stereocenters. The van der Waals surface area contributed by atoms with Gasteiger partial charge in [-0.1, -0.05) is 67.4 Å². The van der Waals surface area contributed by atoms with Crippen LogP contribution >= 0.6 is 0 Å². The first-order valence-corrected chi connectivity index (χ1v) is 32.5. The molecule has 12 atom stereocenters. The van der Waals surface area contributed by atoms with Gasteiger partial charge in [0, 0.05) is 78.7 Å². The highest BCUT2D eigenvalue weighted by molar-refractivity contribution is 5.99. The number of guanidine groups is 3. The lowest BCUT2D eigenvalue weighted by Crippen LogP contribution is -2.63. The largest absolute Gasteiger partial charge is 0.480 e. The highest BCUT2D eigenvalue weighted by Gasteiger charge is 2.52. The van der Waals surface area contributed by atoms with E-state index in [0.29, 0.717) is 30.4 Å². The van der Waals surface area contributed by atoms with E-state index in [4.69, 9.17) is 40.1 Å². The van der Waals surface area contributed by atoms with Crippen LogP contribution in [-0.2, 0) is 67.3 Å². The number of nitrogens with two attached hydrogens (primary N) is 7. The van der Waals surface area contributed by atoms with E-state index in [-0.39, 0.29) is 127 Å². The zero-order valence-electron chi connectivity index (χ0n) is 54.1. The van der Waals surface area contributed by atoms with E-state index in [9.17, 15) is 53.7 Å². The molecule has 4 fully saturated rings. The van der Waals surface area contributed by atoms with E-state index in [1.54, 1.807) is 48.5 Å². The summed E-state index contributed by atoms with van der Waals surface area (Å²) < 4.78 is 0. The lowest BCUT2D eigenvalue weighted by molar-refractivity contribution is -0.154. The van der Waals surface area contributed by atoms with Gasteiger partial charge in [-0.15, -0.1) is 0 Å². The maximum Gasteiger partial charge on any atom is 0.326 e. The first-order chi connectivity index (χ1) is 45.3. The number of β-amino-alcohol motifs (C(OH)–C–C–N with tert-alkyl or cyclic N) is 1. The topological polar surface area (TPSA) is 506 Å². The number of rotatable bonds is 30. The number of amides is 9. The fourth-order valence-corrected chi connectivity index (χ4v) is 13.6. The van der Waals surface area contributed by atoms with E-state index in [2.05, 4.69) is 30.9 Å². The predicted molar refractivity (Wildman–Crippen MR) is 349 cm³/mol. The molecule has 32 nitrogen and oxygen atoms in total. The summed E-state index contributed by atoms with van der Waals surface area (Å²) >= 11 is 0. The molecule has 7 rings (SSSR count). The van der Waals surface area contributed by atoms with Gasteiger partial charge in [-0.3, -0.25) is 58.1 Å². The van der Waals surface area contributed by atoms with Crippen LogP contribution in [0.1, 0.15) is 107 Å². The van der Waals surface area contributed by atoms with E-state index in [1.165, 1.54) is 33.7 Å². The quantitative estimate of drug-likeness (QED) is 0.0200. The maximum atomic E-state index is 15.4. The number of carboxylic acid groups (broad SMARTS) is 1. The van der Waals surface area contributed by atoms with Crippen molar-refractivity contribution < 1.29 is 63.3 Å². The fraction of sp³-hybridized carbons (Fsp3) is 0.603. The number of nitrogens with zero attached hydrogens (tertiary/aromatic N) is 9. The van der Waals surface area contributed by atoms with Crippen molar-refractivity contribution in [2.75, 3.05) is 60.0 Å². The van der Waals surface area contributed by atoms with Crippen LogP contribution in [-0.4, -0.2) is 248 Å². The maximum absolute atomic E-state index is 15.4. The lowest BCUT2D eigenvalue weighted by atomic mass is 9.84. The molecule has 0 aromatic heterocycles. The number of aliphatic carboxylic acids is 1. The van der Waals surface area contributed by atoms with E-state index < -0.39 is 139 Å². The van der Waals surface area contributed by atoms with Gasteiger partial charge in [0.2, 0.25) is 53.2 Å². The second-order valence-electron chi connectivity index (χ2n) is 25.2. The number of aliphatic imine (C=N–C) groups is 3. The monoisotopic (exact) mass is 1330 g/mol. The van der Waals surface area contributed by atoms with Crippen LogP contribution in [0.3, 0.4) is 0 Å². The minimum absolute atomic E-state index is 0.00154. The van der Waals surface area contributed by atoms with Crippen LogP contribution in [0.15, 0.2) is 69.6 Å². The highest BCUT2D eigenvalue weighted by Crippen LogP contribution is 2.41. The van der Waals surface area contributed by atoms with Crippen molar-refractivity contribution in [1.29, 1.82) is 0 Å². The third kappa shape index (κ3) is 19.3. The number of carbonyl (C=O) groups is 10. The van der Waals surface area contributed by atoms with Gasteiger partial charge in [0.25, 0.3) is 0 Å². The van der Waals surface area contributed by atoms with Gasteiger partial charge in [0.15, 0.2) is 17.9 Å². The number of aliphatic hydroxyl groups is 2. The molecular weight excluding hydrogens is 1230 g/mol. The third-order valence-corrected chi connectivity index (χ3v) is 18.5. The fourth-order valence-electron chi connectivity index (χ4n) is 13.6. The third-order valence-electron chi connectivity index (χ3n) is 18.5. The number of hydrogen-bond donors (Lipinski definition) is 13. The second-order valence-corrected chi connectivity index (χ2v) is 25.2. The summed E-state index contributed by atoms with van der Waals surface area (Å²) in [5, 5.41) is 40.3. The number of fused-ring (bicyclic) bond motifs is 2. The number of carbonyl (C=O) groups excluding carboxylic acids is 9. The normalized spacial score (nSPS) is 22.1. The van der Waals surface area contributed by atoms with Crippen LogP contribution in [0.2, 0.25) is 0 Å². The van der Waals surface area contributed by atoms with Crippen LogP contribution < -0.4 is 56.1 Å². The molecule has 2 aromatic rings. The summed E-state index contributed by atoms with van der Waals surface area (Å²) in [7, 11) is 2.67. The highest BCUT2D eigenvalue weighted by atomic mass is 16.4. The Morgan fingerprint density at radius 2 is 1.22 bits per heavy atom. The van der Waals surface area contributed by atoms with Crippen molar-refractivity contribution in [3.63, 3.8) is 0 Å². The van der Waals surface area contributed by atoms with Crippen LogP contribution in [0.5, 0.6) is 0 Å². The van der Waals surface area contributed by atoms with Gasteiger partial charge in [0.1, 0.15) is 48.3 Å². The van der Waals surface area contributed by atoms with Gasteiger partial charge in [-0.25, -0.2) is 4.79 Å². The molecule has 520 valence electrons. The Balaban J connectivity index is 1.06. The van der Waals surface area contributed by atoms with Gasteiger partial charge >= 0.3 is 5.97 Å². The molecule has 0 spiro atoms. The summed E-state index contributed by atoms with van der Waals surface area (Å²) in [5.41, 5.74) is 41.0. The molecule has 32 heteroatoms. The molecule has 3 saturated heterocycles. The Bertz CT molecular complexity index is 3160. The number of likely N-dealkylation sites (tertiary alicyclic amines) is 3. The molecule has 0 bridgehead atoms. The van der Waals surface area contributed by atoms with Crippen LogP contribution in [0, 0.1) is 5.92 Å². The van der Waals surface area contributed by atoms with Crippen molar-refractivity contribution in [1.82, 2.24) is 45.3 Å². The van der Waals surface area contributed by atoms with Gasteiger partial charge in [-0.2, -0.15) is 0 Å². The van der Waals surface area contributed by atoms with Gasteiger partial charge in [0.05, 0.1) is 25.3 Å². The molecule has 2 aromatic carbocycles. The Morgan fingerprint density at radius 3 is 1.85 bits per heavy atom. The molecule has 4 aliphatic heterocycles. The number of nitrogens with one attached hydrogen (secondary N) is 3. The number of likely N-dealkylation sites (N-methyl/N-ethyl adjacent to an activating group) is 2. The van der Waals surface area contributed by atoms with E-state index >= 15 is 9.59 Å². The SMILES string of the molecule is CN(CC(=O)N(C)[C@@H](Cc1ccccc1)C(=O)N[C@@H](CO)C(=O)N1Cc2ccccc2C[C@@H]1C(=O)N1C2CCCCC2C[C@H]1C(=O)N[C@@H](CCCN=C(N)N)C(=O)O)C(=O)[C@@H]1C[C@H](O)CN1C(=O)[C@@H]1CCCN1C(=O)[C@H](CCCN=C(N)N)NC(=O)[C@H](N)CCCN=C(N)N. The molecule has 0 radical (unpaired) electrons. The zero-order chi connectivity index (χ0) is 69.2. The molecule has 1 saturated carbocycles. The summed E-state index contributed by atoms with van der Waals surface area (Å²) in [6, 6.07) is 4.16. The van der Waals surface area contributed by atoms with Crippen molar-refractivity contribution in [3.05, 3.63) is 71.3 Å². The molecule has 20 N–H and O–H groups in total. The number of hydrogen-bond acceptors (Lipinski definition) is 16. The van der Waals surface area contributed by atoms with Gasteiger partial charge < -0.3 is 101 Å². The smallest absolute Gasteiger partial charge is 0.326 e. The molecule has 4 heterocycles. The first kappa shape index (κ1) is 73.2. The van der Waals surface area contributed by atoms with E-state index in [0.717, 1.165) is 34.6 Å². The Morgan fingerprint density at radius 1 is 0.632 bits per heavy atom. The average molecular weight is 1330 g/mol. The summed E-state index contributed by atoms with van der Waals surface area (Å²) in [6.07, 6.45) is 3.40. The first-order valence-electron chi connectivity index (χ1n) is 32.5. The number of aliphatic hydroxyl groups excluding tert-OH is 2. The van der Waals surface area contributed by atoms with Crippen molar-refractivity contribution >= 4 is 77.0 Å². The zero-order valence-corrected chi connectivity index (χ0v) is 54.1. The minimum Gasteiger partial charge on any atom is -0.480 e. The summed E-state index contributed by atoms with van der Waals surface area (Å²) in [5.74, 6) is -8.08. The molecule has 1 aliphatic carbocycles. The number of benzene rings is 2. The molecule has 9 amide bonds. The Hall–Kier alpha value is -9.17. The lowest BCUT2D eigenvalue weighted by Gasteiger charge is -2.42. The summed E-state index contributed by atoms with van der Waals surface area (Å²) in [4.78, 5) is 163. The van der Waals surface area contributed by atoms with E-state index in [1.807, 2.05) is 6.07 Å². The standard InChI is InChI=1S/C63H95N19O13/c1-77(57(91)50-31-40(84)33-81(50)58(92)46-23-13-27-79(46)55(89)42(20-11-25-72-62(67)68)74-52(86)41(64)19-10-24-71-61(65)66)34-51(85)78(2)47(28-36-14-4-3-5-15-36)53(87)76-44(35-83)56(90)80-32-39-18-7-6-16-37(39)29-49(80)59(93)82-45-22-9-8-17-38(45)30-48(82)54(88)75-43(60(94)95)21-12-26-73-63(69)70/h3-7,14-16,18,38,40-50,83-84H,8-13,17,19-35,64H2,1-2H3,(H,74,86)(H,75,88)(H,76,87)(H,94,95)(H4,65,66,71)(H4,67,68,72)(H4,69,70,73)/t38?,40-,41+,42-,43-,44-,45?,46-,47-,48-,49+,50-/m0/s1. The predicted octanol–water partition coefficient (Wildman–Crippen LogP) is -4.40. The van der Waals surface area contributed by atoms with Crippen molar-refractivity contribution in [2.45, 2.75) is 176 Å². The second kappa shape index (κ2) is 34.3. The number of carboxylic acids is 1. The minimum atomic E-state index is -1.68. The Labute approximate surface area is 551 Å². The van der Waals surface area contributed by atoms with Crippen LogP contribution in [0.4, 0.5) is 0 Å². The molecule has 5 aliphatic rings. The average Bonchev–Trinajstić information content (AvgIpc) is 1.69. The molecule has 95 heavy (non-hydrogen) atoms. The van der Waals surface area contributed by atoms with Crippen molar-refractivity contribution in [3.8, 4) is 0 Å².